The molecule has 2 saturated heterocycles. The zero-order chi connectivity index (χ0) is 23.8. The van der Waals surface area contributed by atoms with Crippen LogP contribution in [-0.2, 0) is 19.1 Å². The summed E-state index contributed by atoms with van der Waals surface area (Å²) in [5, 5.41) is 15.2. The molecule has 0 aromatic carbocycles. The van der Waals surface area contributed by atoms with Crippen LogP contribution in [0.3, 0.4) is 0 Å². The van der Waals surface area contributed by atoms with E-state index in [-0.39, 0.29) is 41.0 Å². The number of ether oxygens (including phenoxy) is 2. The minimum Gasteiger partial charge on any atom is -0.465 e. The van der Waals surface area contributed by atoms with Gasteiger partial charge in [-0.3, -0.25) is 9.59 Å². The molecule has 2 aliphatic rings. The van der Waals surface area contributed by atoms with E-state index in [0.29, 0.717) is 32.3 Å². The summed E-state index contributed by atoms with van der Waals surface area (Å²) in [6.45, 7) is 18.2. The van der Waals surface area contributed by atoms with Crippen LogP contribution in [0, 0.1) is 11.8 Å². The molecule has 0 amide bonds. The number of nitrogens with zero attached hydrogens (tertiary/aromatic N) is 1. The van der Waals surface area contributed by atoms with Crippen molar-refractivity contribution in [2.45, 2.75) is 123 Å². The first-order valence-electron chi connectivity index (χ1n) is 11.7. The Morgan fingerprint density at radius 2 is 1.65 bits per heavy atom. The smallest absolute Gasteiger partial charge is 0.311 e. The van der Waals surface area contributed by atoms with E-state index in [2.05, 4.69) is 19.2 Å². The maximum atomic E-state index is 12.9. The van der Waals surface area contributed by atoms with E-state index >= 15 is 0 Å². The number of hydroxylamine groups is 2. The van der Waals surface area contributed by atoms with Crippen molar-refractivity contribution in [3.05, 3.63) is 0 Å². The minimum absolute atomic E-state index is 0.0819. The number of rotatable bonds is 8. The molecule has 0 radical (unpaired) electrons. The van der Waals surface area contributed by atoms with Gasteiger partial charge in [0.2, 0.25) is 0 Å². The summed E-state index contributed by atoms with van der Waals surface area (Å²) in [7, 11) is 0. The van der Waals surface area contributed by atoms with E-state index < -0.39 is 11.1 Å². The van der Waals surface area contributed by atoms with Gasteiger partial charge >= 0.3 is 11.9 Å². The van der Waals surface area contributed by atoms with Crippen molar-refractivity contribution in [3.63, 3.8) is 0 Å². The SMILES string of the molecule is CCC(CCCOC(=O)C1CC(C)(C)NC1(C)C)OC(=O)C1CC(C)(C)N(O)C1(C)C. The van der Waals surface area contributed by atoms with E-state index in [1.165, 1.54) is 5.06 Å². The second-order valence-corrected chi connectivity index (χ2v) is 11.8. The Morgan fingerprint density at radius 1 is 1.03 bits per heavy atom. The first kappa shape index (κ1) is 26.1. The van der Waals surface area contributed by atoms with E-state index in [1.54, 1.807) is 0 Å². The second-order valence-electron chi connectivity index (χ2n) is 11.8. The fourth-order valence-electron chi connectivity index (χ4n) is 5.47. The quantitative estimate of drug-likeness (QED) is 0.434. The first-order chi connectivity index (χ1) is 14.0. The summed E-state index contributed by atoms with van der Waals surface area (Å²) in [6, 6.07) is 0. The van der Waals surface area contributed by atoms with Gasteiger partial charge in [-0.1, -0.05) is 6.92 Å². The van der Waals surface area contributed by atoms with Crippen molar-refractivity contribution in [1.29, 1.82) is 0 Å². The third-order valence-corrected chi connectivity index (χ3v) is 7.14. The van der Waals surface area contributed by atoms with Gasteiger partial charge in [0.05, 0.1) is 24.0 Å². The predicted molar refractivity (Wildman–Crippen MR) is 120 cm³/mol. The number of hydrogen-bond acceptors (Lipinski definition) is 7. The molecule has 31 heavy (non-hydrogen) atoms. The molecule has 2 fully saturated rings. The van der Waals surface area contributed by atoms with Crippen LogP contribution < -0.4 is 5.32 Å². The molecule has 7 nitrogen and oxygen atoms in total. The monoisotopic (exact) mass is 440 g/mol. The van der Waals surface area contributed by atoms with Gasteiger partial charge in [-0.25, -0.2) is 0 Å². The zero-order valence-corrected chi connectivity index (χ0v) is 21.0. The van der Waals surface area contributed by atoms with Crippen LogP contribution in [-0.4, -0.2) is 57.1 Å². The largest absolute Gasteiger partial charge is 0.465 e. The highest BCUT2D eigenvalue weighted by Crippen LogP contribution is 2.44. The van der Waals surface area contributed by atoms with Crippen LogP contribution in [0.15, 0.2) is 0 Å². The molecule has 0 spiro atoms. The normalized spacial score (nSPS) is 29.5. The summed E-state index contributed by atoms with van der Waals surface area (Å²) >= 11 is 0. The Morgan fingerprint density at radius 3 is 2.10 bits per heavy atom. The lowest BCUT2D eigenvalue weighted by Crippen LogP contribution is -2.48. The summed E-state index contributed by atoms with van der Waals surface area (Å²) in [4.78, 5) is 25.5. The van der Waals surface area contributed by atoms with Crippen molar-refractivity contribution >= 4 is 11.9 Å². The lowest BCUT2D eigenvalue weighted by Gasteiger charge is -2.35. The number of hydrogen-bond donors (Lipinski definition) is 2. The van der Waals surface area contributed by atoms with E-state index in [0.717, 1.165) is 6.42 Å². The van der Waals surface area contributed by atoms with E-state index in [4.69, 9.17) is 9.47 Å². The topological polar surface area (TPSA) is 88.1 Å². The first-order valence-corrected chi connectivity index (χ1v) is 11.7. The lowest BCUT2D eigenvalue weighted by atomic mass is 9.87. The predicted octanol–water partition coefficient (Wildman–Crippen LogP) is 4.07. The van der Waals surface area contributed by atoms with Crippen molar-refractivity contribution < 1.29 is 24.3 Å². The fourth-order valence-corrected chi connectivity index (χ4v) is 5.47. The van der Waals surface area contributed by atoms with Gasteiger partial charge in [-0.2, -0.15) is 5.06 Å². The van der Waals surface area contributed by atoms with Gasteiger partial charge < -0.3 is 20.0 Å². The van der Waals surface area contributed by atoms with Crippen LogP contribution in [0.1, 0.15) is 94.4 Å². The Kier molecular flexibility index (Phi) is 7.56. The van der Waals surface area contributed by atoms with Crippen LogP contribution in [0.5, 0.6) is 0 Å². The molecule has 2 heterocycles. The lowest BCUT2D eigenvalue weighted by molar-refractivity contribution is -0.201. The summed E-state index contributed by atoms with van der Waals surface area (Å²) in [6.07, 6.45) is 3.07. The summed E-state index contributed by atoms with van der Waals surface area (Å²) in [5.74, 6) is -0.984. The highest BCUT2D eigenvalue weighted by molar-refractivity contribution is 5.75. The van der Waals surface area contributed by atoms with Crippen molar-refractivity contribution in [2.24, 2.45) is 11.8 Å². The molecule has 0 bridgehead atoms. The van der Waals surface area contributed by atoms with Crippen LogP contribution >= 0.6 is 0 Å². The number of nitrogens with one attached hydrogen (secondary N) is 1. The average Bonchev–Trinajstić information content (AvgIpc) is 2.96. The Balaban J connectivity index is 1.81. The standard InChI is InChI=1S/C24H44N2O5/c1-10-16(31-20(28)18-15-22(4,5)26(29)24(18,8)9)12-11-13-30-19(27)17-14-21(2,3)25-23(17,6)7/h16-18,25,29H,10-15H2,1-9H3. The highest BCUT2D eigenvalue weighted by Gasteiger charge is 2.55. The number of esters is 2. The summed E-state index contributed by atoms with van der Waals surface area (Å²) in [5.41, 5.74) is -1.52. The third kappa shape index (κ3) is 5.79. The van der Waals surface area contributed by atoms with Gasteiger partial charge in [0, 0.05) is 16.6 Å². The number of carbonyl (C=O) groups is 2. The van der Waals surface area contributed by atoms with Gasteiger partial charge in [-0.15, -0.1) is 0 Å². The zero-order valence-electron chi connectivity index (χ0n) is 21.0. The maximum absolute atomic E-state index is 12.9. The highest BCUT2D eigenvalue weighted by atomic mass is 16.6. The molecular formula is C24H44N2O5. The van der Waals surface area contributed by atoms with E-state index in [1.807, 2.05) is 48.5 Å². The molecule has 7 heteroatoms. The molecule has 2 aliphatic heterocycles. The molecule has 0 aliphatic carbocycles. The molecule has 2 N–H and O–H groups in total. The van der Waals surface area contributed by atoms with Gasteiger partial charge in [-0.05, 0) is 87.5 Å². The minimum atomic E-state index is -0.676. The molecule has 0 aromatic heterocycles. The summed E-state index contributed by atoms with van der Waals surface area (Å²) < 4.78 is 11.4. The second kappa shape index (κ2) is 8.99. The van der Waals surface area contributed by atoms with Crippen LogP contribution in [0.2, 0.25) is 0 Å². The van der Waals surface area contributed by atoms with Crippen molar-refractivity contribution in [2.75, 3.05) is 6.61 Å². The Labute approximate surface area is 188 Å². The van der Waals surface area contributed by atoms with E-state index in [9.17, 15) is 14.8 Å². The van der Waals surface area contributed by atoms with Crippen molar-refractivity contribution in [3.8, 4) is 0 Å². The number of carbonyl (C=O) groups excluding carboxylic acids is 2. The van der Waals surface area contributed by atoms with Crippen LogP contribution in [0.4, 0.5) is 0 Å². The molecular weight excluding hydrogens is 396 g/mol. The molecule has 0 saturated carbocycles. The van der Waals surface area contributed by atoms with Gasteiger partial charge in [0.1, 0.15) is 6.10 Å². The van der Waals surface area contributed by atoms with Crippen molar-refractivity contribution in [1.82, 2.24) is 10.4 Å². The van der Waals surface area contributed by atoms with Gasteiger partial charge in [0.15, 0.2) is 0 Å². The molecule has 0 aromatic rings. The van der Waals surface area contributed by atoms with Gasteiger partial charge in [0.25, 0.3) is 0 Å². The molecule has 2 rings (SSSR count). The Hall–Kier alpha value is -1.18. The Bertz CT molecular complexity index is 671. The molecule has 3 atom stereocenters. The van der Waals surface area contributed by atoms with Crippen LogP contribution in [0.25, 0.3) is 0 Å². The average molecular weight is 441 g/mol. The maximum Gasteiger partial charge on any atom is 0.311 e. The third-order valence-electron chi connectivity index (χ3n) is 7.14. The molecule has 180 valence electrons. The fraction of sp³-hybridized carbons (Fsp3) is 0.917. The molecule has 3 unspecified atom stereocenters.